The van der Waals surface area contributed by atoms with Crippen molar-refractivity contribution >= 4 is 29.6 Å². The van der Waals surface area contributed by atoms with Crippen molar-refractivity contribution in [2.24, 2.45) is 0 Å². The van der Waals surface area contributed by atoms with Crippen LogP contribution in [0.1, 0.15) is 29.8 Å². The predicted octanol–water partition coefficient (Wildman–Crippen LogP) is 4.25. The maximum Gasteiger partial charge on any atom is 0.347 e. The van der Waals surface area contributed by atoms with Crippen molar-refractivity contribution in [3.05, 3.63) is 59.7 Å². The van der Waals surface area contributed by atoms with Crippen LogP contribution in [-0.4, -0.2) is 33.8 Å². The normalized spacial score (nSPS) is 11.5. The monoisotopic (exact) mass is 372 g/mol. The van der Waals surface area contributed by atoms with Crippen molar-refractivity contribution in [3.63, 3.8) is 0 Å². The fourth-order valence-corrected chi connectivity index (χ4v) is 2.51. The highest BCUT2D eigenvalue weighted by atomic mass is 32.2. The van der Waals surface area contributed by atoms with Gasteiger partial charge in [-0.3, -0.25) is 4.79 Å². The van der Waals surface area contributed by atoms with Crippen LogP contribution in [0.3, 0.4) is 0 Å². The molecule has 26 heavy (non-hydrogen) atoms. The zero-order chi connectivity index (χ0) is 19.3. The first-order valence-corrected chi connectivity index (χ1v) is 9.07. The minimum Gasteiger partial charge on any atom is -0.507 e. The second-order valence-electron chi connectivity index (χ2n) is 6.07. The molecule has 0 unspecified atom stereocenters. The molecule has 6 heteroatoms. The summed E-state index contributed by atoms with van der Waals surface area (Å²) in [5.41, 5.74) is -0.456. The zero-order valence-corrected chi connectivity index (χ0v) is 15.5. The van der Waals surface area contributed by atoms with Crippen molar-refractivity contribution < 1.29 is 24.5 Å². The van der Waals surface area contributed by atoms with Gasteiger partial charge in [0.25, 0.3) is 0 Å². The van der Waals surface area contributed by atoms with E-state index in [0.29, 0.717) is 0 Å². The number of aliphatic carboxylic acids is 1. The molecule has 0 atom stereocenters. The highest BCUT2D eigenvalue weighted by Crippen LogP contribution is 2.27. The second kappa shape index (κ2) is 8.10. The molecule has 0 saturated carbocycles. The first-order chi connectivity index (χ1) is 12.2. The number of phenols is 1. The largest absolute Gasteiger partial charge is 0.507 e. The minimum absolute atomic E-state index is 0.113. The molecular formula is C20H20O5S. The summed E-state index contributed by atoms with van der Waals surface area (Å²) in [5, 5.41) is 19.2. The summed E-state index contributed by atoms with van der Waals surface area (Å²) in [5.74, 6) is -1.59. The summed E-state index contributed by atoms with van der Waals surface area (Å²) >= 11 is 1.63. The molecule has 0 radical (unpaired) electrons. The molecule has 2 aromatic rings. The highest BCUT2D eigenvalue weighted by molar-refractivity contribution is 7.98. The fourth-order valence-electron chi connectivity index (χ4n) is 2.10. The first kappa shape index (κ1) is 19.6. The first-order valence-electron chi connectivity index (χ1n) is 7.85. The Hall–Kier alpha value is -2.73. The average molecular weight is 372 g/mol. The van der Waals surface area contributed by atoms with E-state index < -0.39 is 11.6 Å². The number of hydrogen-bond acceptors (Lipinski definition) is 5. The van der Waals surface area contributed by atoms with Crippen LogP contribution in [0.5, 0.6) is 11.5 Å². The molecule has 0 aromatic heterocycles. The summed E-state index contributed by atoms with van der Waals surface area (Å²) < 4.78 is 5.34. The van der Waals surface area contributed by atoms with Crippen molar-refractivity contribution in [1.29, 1.82) is 0 Å². The number of phenolic OH excluding ortho intramolecular Hbond substituents is 1. The minimum atomic E-state index is -1.44. The van der Waals surface area contributed by atoms with Gasteiger partial charge in [0.05, 0.1) is 5.56 Å². The Bertz CT molecular complexity index is 838. The van der Waals surface area contributed by atoms with Crippen LogP contribution in [0.2, 0.25) is 0 Å². The maximum absolute atomic E-state index is 12.3. The summed E-state index contributed by atoms with van der Waals surface area (Å²) in [4.78, 5) is 24.5. The van der Waals surface area contributed by atoms with Crippen LogP contribution in [0.4, 0.5) is 0 Å². The Kier molecular flexibility index (Phi) is 6.10. The standard InChI is InChI=1S/C20H20O5S/c1-20(2,19(23)24)25-14-7-10-16(18(22)12-14)17(21)11-6-13-4-8-15(26-3)9-5-13/h4-12,22H,1-3H3,(H,23,24). The smallest absolute Gasteiger partial charge is 0.347 e. The van der Waals surface area contributed by atoms with Crippen LogP contribution < -0.4 is 4.74 Å². The van der Waals surface area contributed by atoms with Crippen molar-refractivity contribution in [3.8, 4) is 11.5 Å². The predicted molar refractivity (Wildman–Crippen MR) is 102 cm³/mol. The lowest BCUT2D eigenvalue weighted by atomic mass is 10.1. The number of benzene rings is 2. The Morgan fingerprint density at radius 3 is 2.31 bits per heavy atom. The summed E-state index contributed by atoms with van der Waals surface area (Å²) in [6, 6.07) is 11.8. The number of carboxylic acids is 1. The third kappa shape index (κ3) is 4.89. The van der Waals surface area contributed by atoms with E-state index in [9.17, 15) is 14.7 Å². The number of carbonyl (C=O) groups is 2. The molecule has 0 aliphatic heterocycles. The molecule has 0 aliphatic rings. The van der Waals surface area contributed by atoms with Gasteiger partial charge in [-0.2, -0.15) is 0 Å². The Labute approximate surface area is 156 Å². The van der Waals surface area contributed by atoms with Crippen molar-refractivity contribution in [2.45, 2.75) is 24.3 Å². The topological polar surface area (TPSA) is 83.8 Å². The van der Waals surface area contributed by atoms with E-state index in [1.807, 2.05) is 30.5 Å². The van der Waals surface area contributed by atoms with Gasteiger partial charge in [-0.1, -0.05) is 18.2 Å². The lowest BCUT2D eigenvalue weighted by Crippen LogP contribution is -2.37. The Balaban J connectivity index is 2.13. The van der Waals surface area contributed by atoms with E-state index in [-0.39, 0.29) is 22.8 Å². The molecule has 2 N–H and O–H groups in total. The zero-order valence-electron chi connectivity index (χ0n) is 14.7. The third-order valence-electron chi connectivity index (χ3n) is 3.67. The highest BCUT2D eigenvalue weighted by Gasteiger charge is 2.29. The van der Waals surface area contributed by atoms with Gasteiger partial charge in [0.15, 0.2) is 11.4 Å². The van der Waals surface area contributed by atoms with E-state index in [2.05, 4.69) is 0 Å². The van der Waals surface area contributed by atoms with Crippen LogP contribution in [0.25, 0.3) is 6.08 Å². The molecule has 0 spiro atoms. The molecule has 2 rings (SSSR count). The second-order valence-corrected chi connectivity index (χ2v) is 6.95. The molecule has 0 saturated heterocycles. The molecule has 0 fully saturated rings. The SMILES string of the molecule is CSc1ccc(C=CC(=O)c2ccc(OC(C)(C)C(=O)O)cc2O)cc1. The molecule has 0 bridgehead atoms. The maximum atomic E-state index is 12.3. The molecule has 2 aromatic carbocycles. The van der Waals surface area contributed by atoms with Gasteiger partial charge in [0.2, 0.25) is 0 Å². The number of ether oxygens (including phenoxy) is 1. The van der Waals surface area contributed by atoms with Crippen LogP contribution in [0, 0.1) is 0 Å². The van der Waals surface area contributed by atoms with Gasteiger partial charge >= 0.3 is 5.97 Å². The lowest BCUT2D eigenvalue weighted by molar-refractivity contribution is -0.152. The number of rotatable bonds is 7. The molecular weight excluding hydrogens is 352 g/mol. The van der Waals surface area contributed by atoms with Gasteiger partial charge in [0.1, 0.15) is 11.5 Å². The summed E-state index contributed by atoms with van der Waals surface area (Å²) in [7, 11) is 0. The summed E-state index contributed by atoms with van der Waals surface area (Å²) in [6.45, 7) is 2.80. The molecule has 136 valence electrons. The number of allylic oxidation sites excluding steroid dienone is 1. The van der Waals surface area contributed by atoms with Gasteiger partial charge in [0, 0.05) is 11.0 Å². The lowest BCUT2D eigenvalue weighted by Gasteiger charge is -2.21. The Morgan fingerprint density at radius 2 is 1.77 bits per heavy atom. The van der Waals surface area contributed by atoms with E-state index in [1.54, 1.807) is 17.8 Å². The van der Waals surface area contributed by atoms with E-state index in [0.717, 1.165) is 10.5 Å². The number of ketones is 1. The van der Waals surface area contributed by atoms with E-state index >= 15 is 0 Å². The van der Waals surface area contributed by atoms with E-state index in [4.69, 9.17) is 9.84 Å². The fraction of sp³-hybridized carbons (Fsp3) is 0.200. The van der Waals surface area contributed by atoms with Gasteiger partial charge < -0.3 is 14.9 Å². The van der Waals surface area contributed by atoms with Gasteiger partial charge in [-0.15, -0.1) is 11.8 Å². The van der Waals surface area contributed by atoms with Crippen LogP contribution in [-0.2, 0) is 4.79 Å². The van der Waals surface area contributed by atoms with Crippen LogP contribution >= 0.6 is 11.8 Å². The number of hydrogen-bond donors (Lipinski definition) is 2. The van der Waals surface area contributed by atoms with Gasteiger partial charge in [-0.25, -0.2) is 4.79 Å². The third-order valence-corrected chi connectivity index (χ3v) is 4.41. The molecule has 0 aliphatic carbocycles. The van der Waals surface area contributed by atoms with Crippen molar-refractivity contribution in [2.75, 3.05) is 6.26 Å². The van der Waals surface area contributed by atoms with Crippen LogP contribution in [0.15, 0.2) is 53.4 Å². The van der Waals surface area contributed by atoms with E-state index in [1.165, 1.54) is 38.1 Å². The average Bonchev–Trinajstić information content (AvgIpc) is 2.59. The number of carbonyl (C=O) groups excluding carboxylic acids is 1. The molecule has 0 heterocycles. The molecule has 0 amide bonds. The number of aromatic hydroxyl groups is 1. The van der Waals surface area contributed by atoms with Gasteiger partial charge in [-0.05, 0) is 56.0 Å². The quantitative estimate of drug-likeness (QED) is 0.429. The summed E-state index contributed by atoms with van der Waals surface area (Å²) in [6.07, 6.45) is 5.04. The molecule has 5 nitrogen and oxygen atoms in total. The number of carboxylic acid groups (broad SMARTS) is 1. The number of thioether (sulfide) groups is 1. The Morgan fingerprint density at radius 1 is 1.12 bits per heavy atom. The van der Waals surface area contributed by atoms with Crippen molar-refractivity contribution in [1.82, 2.24) is 0 Å².